The Morgan fingerprint density at radius 3 is 2.42 bits per heavy atom. The molecule has 0 saturated heterocycles. The van der Waals surface area contributed by atoms with Crippen LogP contribution in [-0.2, 0) is 4.74 Å². The lowest BCUT2D eigenvalue weighted by atomic mass is 10.1. The van der Waals surface area contributed by atoms with Crippen LogP contribution < -0.4 is 4.74 Å². The van der Waals surface area contributed by atoms with Crippen molar-refractivity contribution in [1.29, 1.82) is 0 Å². The highest BCUT2D eigenvalue weighted by molar-refractivity contribution is 5.95. The molecule has 3 rings (SSSR count). The summed E-state index contributed by atoms with van der Waals surface area (Å²) in [4.78, 5) is 12.3. The van der Waals surface area contributed by atoms with Crippen molar-refractivity contribution in [3.05, 3.63) is 66.5 Å². The molecule has 0 radical (unpaired) electrons. The molecule has 0 aliphatic carbocycles. The van der Waals surface area contributed by atoms with Gasteiger partial charge < -0.3 is 9.47 Å². The van der Waals surface area contributed by atoms with Gasteiger partial charge in [-0.05, 0) is 36.8 Å². The van der Waals surface area contributed by atoms with Gasteiger partial charge in [-0.15, -0.1) is 0 Å². The molecule has 122 valence electrons. The van der Waals surface area contributed by atoms with Crippen LogP contribution in [0.4, 0.5) is 0 Å². The number of rotatable bonds is 5. The van der Waals surface area contributed by atoms with E-state index in [9.17, 15) is 4.79 Å². The molecule has 0 saturated carbocycles. The Balaban J connectivity index is 2.08. The molecular weight excluding hydrogens is 304 g/mol. The number of hydrogen-bond donors (Lipinski definition) is 0. The Hall–Kier alpha value is -3.08. The van der Waals surface area contributed by atoms with Crippen LogP contribution in [0.15, 0.2) is 60.8 Å². The number of methoxy groups -OCH3 is 1. The van der Waals surface area contributed by atoms with Crippen molar-refractivity contribution in [2.24, 2.45) is 0 Å². The second kappa shape index (κ2) is 7.00. The monoisotopic (exact) mass is 322 g/mol. The molecule has 0 N–H and O–H groups in total. The largest absolute Gasteiger partial charge is 0.497 e. The highest BCUT2D eigenvalue weighted by Crippen LogP contribution is 2.27. The highest BCUT2D eigenvalue weighted by atomic mass is 16.5. The fourth-order valence-electron chi connectivity index (χ4n) is 2.42. The molecule has 0 amide bonds. The number of carbonyl (C=O) groups is 1. The van der Waals surface area contributed by atoms with E-state index in [4.69, 9.17) is 9.47 Å². The fourth-order valence-corrected chi connectivity index (χ4v) is 2.42. The lowest BCUT2D eigenvalue weighted by Crippen LogP contribution is -2.07. The number of para-hydroxylation sites is 1. The summed E-state index contributed by atoms with van der Waals surface area (Å²) in [5, 5.41) is 4.43. The van der Waals surface area contributed by atoms with Crippen LogP contribution in [0.25, 0.3) is 16.8 Å². The van der Waals surface area contributed by atoms with Gasteiger partial charge in [0.25, 0.3) is 0 Å². The predicted molar refractivity (Wildman–Crippen MR) is 91.5 cm³/mol. The Morgan fingerprint density at radius 1 is 1.08 bits per heavy atom. The molecule has 0 spiro atoms. The van der Waals surface area contributed by atoms with E-state index in [0.29, 0.717) is 12.3 Å². The summed E-state index contributed by atoms with van der Waals surface area (Å²) in [5.41, 5.74) is 2.77. The fraction of sp³-hybridized carbons (Fsp3) is 0.158. The Morgan fingerprint density at radius 2 is 1.79 bits per heavy atom. The molecule has 24 heavy (non-hydrogen) atoms. The first-order valence-corrected chi connectivity index (χ1v) is 7.69. The first-order valence-electron chi connectivity index (χ1n) is 7.69. The summed E-state index contributed by atoms with van der Waals surface area (Å²) < 4.78 is 12.0. The summed E-state index contributed by atoms with van der Waals surface area (Å²) in [5.74, 6) is 0.324. The lowest BCUT2D eigenvalue weighted by molar-refractivity contribution is 0.0520. The molecule has 1 heterocycles. The minimum Gasteiger partial charge on any atom is -0.497 e. The number of aromatic nitrogens is 2. The molecular formula is C19H18N2O3. The van der Waals surface area contributed by atoms with Gasteiger partial charge in [-0.1, -0.05) is 30.3 Å². The van der Waals surface area contributed by atoms with Crippen LogP contribution in [0.2, 0.25) is 0 Å². The van der Waals surface area contributed by atoms with E-state index in [-0.39, 0.29) is 0 Å². The van der Waals surface area contributed by atoms with Crippen molar-refractivity contribution in [1.82, 2.24) is 9.78 Å². The van der Waals surface area contributed by atoms with Gasteiger partial charge >= 0.3 is 5.97 Å². The van der Waals surface area contributed by atoms with E-state index >= 15 is 0 Å². The van der Waals surface area contributed by atoms with Gasteiger partial charge in [0.15, 0.2) is 5.69 Å². The molecule has 5 heteroatoms. The average molecular weight is 322 g/mol. The van der Waals surface area contributed by atoms with Crippen LogP contribution >= 0.6 is 0 Å². The SMILES string of the molecule is CCOC(=O)c1nn(-c2ccccc2)cc1-c1ccc(OC)cc1. The first kappa shape index (κ1) is 15.8. The topological polar surface area (TPSA) is 53.3 Å². The number of benzene rings is 2. The predicted octanol–water partition coefficient (Wildman–Crippen LogP) is 3.72. The Bertz CT molecular complexity index is 824. The van der Waals surface area contributed by atoms with E-state index in [1.54, 1.807) is 18.7 Å². The molecule has 0 unspecified atom stereocenters. The Kier molecular flexibility index (Phi) is 4.61. The maximum Gasteiger partial charge on any atom is 0.359 e. The van der Waals surface area contributed by atoms with Gasteiger partial charge in [0.05, 0.1) is 19.4 Å². The first-order chi connectivity index (χ1) is 11.7. The minimum absolute atomic E-state index is 0.297. The van der Waals surface area contributed by atoms with Crippen LogP contribution in [0.5, 0.6) is 5.75 Å². The molecule has 0 atom stereocenters. The zero-order valence-corrected chi connectivity index (χ0v) is 13.6. The van der Waals surface area contributed by atoms with Crippen molar-refractivity contribution in [3.63, 3.8) is 0 Å². The number of nitrogens with zero attached hydrogens (tertiary/aromatic N) is 2. The quantitative estimate of drug-likeness (QED) is 0.672. The van der Waals surface area contributed by atoms with Crippen molar-refractivity contribution in [2.75, 3.05) is 13.7 Å². The van der Waals surface area contributed by atoms with E-state index in [2.05, 4.69) is 5.10 Å². The third-order valence-corrected chi connectivity index (χ3v) is 3.60. The third kappa shape index (κ3) is 3.15. The molecule has 0 aliphatic rings. The van der Waals surface area contributed by atoms with E-state index in [1.165, 1.54) is 0 Å². The Labute approximate surface area is 140 Å². The minimum atomic E-state index is -0.432. The van der Waals surface area contributed by atoms with Crippen LogP contribution in [0.1, 0.15) is 17.4 Å². The molecule has 2 aromatic carbocycles. The van der Waals surface area contributed by atoms with Gasteiger partial charge in [0, 0.05) is 11.8 Å². The average Bonchev–Trinajstić information content (AvgIpc) is 3.08. The van der Waals surface area contributed by atoms with E-state index < -0.39 is 5.97 Å². The van der Waals surface area contributed by atoms with Crippen molar-refractivity contribution >= 4 is 5.97 Å². The number of hydrogen-bond acceptors (Lipinski definition) is 4. The van der Waals surface area contributed by atoms with Crippen LogP contribution in [0, 0.1) is 0 Å². The summed E-state index contributed by atoms with van der Waals surface area (Å²) in [7, 11) is 1.62. The lowest BCUT2D eigenvalue weighted by Gasteiger charge is -2.04. The second-order valence-corrected chi connectivity index (χ2v) is 5.12. The van der Waals surface area contributed by atoms with Crippen LogP contribution in [0.3, 0.4) is 0 Å². The zero-order chi connectivity index (χ0) is 16.9. The number of carbonyl (C=O) groups excluding carboxylic acids is 1. The molecule has 0 aliphatic heterocycles. The van der Waals surface area contributed by atoms with Gasteiger partial charge in [-0.2, -0.15) is 5.10 Å². The molecule has 0 bridgehead atoms. The van der Waals surface area contributed by atoms with Gasteiger partial charge in [0.1, 0.15) is 5.75 Å². The number of esters is 1. The van der Waals surface area contributed by atoms with Crippen molar-refractivity contribution in [2.45, 2.75) is 6.92 Å². The second-order valence-electron chi connectivity index (χ2n) is 5.12. The molecule has 5 nitrogen and oxygen atoms in total. The zero-order valence-electron chi connectivity index (χ0n) is 13.6. The highest BCUT2D eigenvalue weighted by Gasteiger charge is 2.20. The molecule has 0 fully saturated rings. The maximum atomic E-state index is 12.3. The summed E-state index contributed by atoms with van der Waals surface area (Å²) in [6.45, 7) is 2.08. The van der Waals surface area contributed by atoms with E-state index in [0.717, 1.165) is 22.6 Å². The van der Waals surface area contributed by atoms with Gasteiger partial charge in [-0.3, -0.25) is 0 Å². The summed E-state index contributed by atoms with van der Waals surface area (Å²) >= 11 is 0. The molecule has 3 aromatic rings. The standard InChI is InChI=1S/C19H18N2O3/c1-3-24-19(22)18-17(14-9-11-16(23-2)12-10-14)13-21(20-18)15-7-5-4-6-8-15/h4-13H,3H2,1-2H3. The normalized spacial score (nSPS) is 10.4. The number of ether oxygens (including phenoxy) is 2. The van der Waals surface area contributed by atoms with Gasteiger partial charge in [-0.25, -0.2) is 9.48 Å². The van der Waals surface area contributed by atoms with Crippen molar-refractivity contribution < 1.29 is 14.3 Å². The van der Waals surface area contributed by atoms with E-state index in [1.807, 2.05) is 60.8 Å². The molecule has 1 aromatic heterocycles. The van der Waals surface area contributed by atoms with Gasteiger partial charge in [0.2, 0.25) is 0 Å². The van der Waals surface area contributed by atoms with Crippen LogP contribution in [-0.4, -0.2) is 29.5 Å². The maximum absolute atomic E-state index is 12.3. The van der Waals surface area contributed by atoms with Crippen molar-refractivity contribution in [3.8, 4) is 22.6 Å². The summed E-state index contributed by atoms with van der Waals surface area (Å²) in [6.07, 6.45) is 1.84. The smallest absolute Gasteiger partial charge is 0.359 e. The summed E-state index contributed by atoms with van der Waals surface area (Å²) in [6, 6.07) is 17.1. The third-order valence-electron chi connectivity index (χ3n) is 3.60.